The van der Waals surface area contributed by atoms with Crippen LogP contribution in [0.15, 0.2) is 36.7 Å². The van der Waals surface area contributed by atoms with Crippen LogP contribution in [0, 0.1) is 5.82 Å². The molecule has 0 spiro atoms. The van der Waals surface area contributed by atoms with Crippen LogP contribution >= 0.6 is 0 Å². The molecule has 2 bridgehead atoms. The molecule has 1 fully saturated rings. The summed E-state index contributed by atoms with van der Waals surface area (Å²) in [6.07, 6.45) is 1.85. The van der Waals surface area contributed by atoms with Crippen LogP contribution in [0.25, 0.3) is 5.65 Å². The zero-order valence-electron chi connectivity index (χ0n) is 15.9. The predicted octanol–water partition coefficient (Wildman–Crippen LogP) is 0.664. The van der Waals surface area contributed by atoms with E-state index < -0.39 is 23.9 Å². The SMILES string of the molecule is O=C1NC[C@@H](O)COc2ccc(F)cc2[C@@H]2C[C@@H](O)CN2c2ccn3ncc1c3n2. The maximum Gasteiger partial charge on any atom is 0.256 e. The van der Waals surface area contributed by atoms with Gasteiger partial charge in [0.25, 0.3) is 5.91 Å². The van der Waals surface area contributed by atoms with E-state index in [-0.39, 0.29) is 24.8 Å². The number of benzene rings is 1. The lowest BCUT2D eigenvalue weighted by Crippen LogP contribution is -2.35. The van der Waals surface area contributed by atoms with E-state index in [4.69, 9.17) is 4.74 Å². The largest absolute Gasteiger partial charge is 0.490 e. The Morgan fingerprint density at radius 3 is 2.97 bits per heavy atom. The number of fused-ring (bicyclic) bond motifs is 5. The number of amides is 1. The molecule has 156 valence electrons. The Balaban J connectivity index is 1.67. The van der Waals surface area contributed by atoms with Gasteiger partial charge in [-0.1, -0.05) is 0 Å². The summed E-state index contributed by atoms with van der Waals surface area (Å²) in [6, 6.07) is 5.53. The highest BCUT2D eigenvalue weighted by molar-refractivity contribution is 5.99. The molecule has 3 atom stereocenters. The minimum absolute atomic E-state index is 0.0271. The minimum atomic E-state index is -0.967. The first-order chi connectivity index (χ1) is 14.5. The Morgan fingerprint density at radius 2 is 2.10 bits per heavy atom. The molecule has 9 nitrogen and oxygen atoms in total. The number of β-amino-alcohol motifs (C(OH)–C–C–N with tert-alkyl or cyclic N) is 1. The third-order valence-corrected chi connectivity index (χ3v) is 5.43. The number of carbonyl (C=O) groups excluding carboxylic acids is 1. The number of halogens is 1. The lowest BCUT2D eigenvalue weighted by Gasteiger charge is -2.28. The van der Waals surface area contributed by atoms with Crippen LogP contribution in [0.1, 0.15) is 28.4 Å². The number of nitrogens with zero attached hydrogens (tertiary/aromatic N) is 4. The summed E-state index contributed by atoms with van der Waals surface area (Å²) in [7, 11) is 0. The molecule has 3 aromatic rings. The van der Waals surface area contributed by atoms with E-state index in [0.29, 0.717) is 35.7 Å². The second-order valence-electron chi connectivity index (χ2n) is 7.53. The highest BCUT2D eigenvalue weighted by atomic mass is 19.1. The molecule has 2 aromatic heterocycles. The summed E-state index contributed by atoms with van der Waals surface area (Å²) >= 11 is 0. The van der Waals surface area contributed by atoms with Gasteiger partial charge in [-0.3, -0.25) is 4.79 Å². The van der Waals surface area contributed by atoms with Gasteiger partial charge >= 0.3 is 0 Å². The van der Waals surface area contributed by atoms with Gasteiger partial charge in [0.1, 0.15) is 35.7 Å². The third kappa shape index (κ3) is 3.23. The van der Waals surface area contributed by atoms with Gasteiger partial charge in [-0.2, -0.15) is 5.10 Å². The zero-order chi connectivity index (χ0) is 20.8. The van der Waals surface area contributed by atoms with Crippen molar-refractivity contribution in [3.05, 3.63) is 53.6 Å². The highest BCUT2D eigenvalue weighted by Crippen LogP contribution is 2.40. The van der Waals surface area contributed by atoms with Crippen molar-refractivity contribution >= 4 is 17.4 Å². The van der Waals surface area contributed by atoms with Crippen molar-refractivity contribution < 1.29 is 24.1 Å². The number of aliphatic hydroxyl groups excluding tert-OH is 2. The quantitative estimate of drug-likeness (QED) is 0.496. The number of hydrogen-bond donors (Lipinski definition) is 3. The first-order valence-corrected chi connectivity index (χ1v) is 9.67. The maximum absolute atomic E-state index is 14.1. The van der Waals surface area contributed by atoms with Gasteiger partial charge in [-0.05, 0) is 30.7 Å². The predicted molar refractivity (Wildman–Crippen MR) is 104 cm³/mol. The first-order valence-electron chi connectivity index (χ1n) is 9.67. The number of aliphatic hydroxyl groups is 2. The monoisotopic (exact) mass is 413 g/mol. The number of carbonyl (C=O) groups is 1. The minimum Gasteiger partial charge on any atom is -0.490 e. The lowest BCUT2D eigenvalue weighted by atomic mass is 10.0. The number of anilines is 1. The average Bonchev–Trinajstić information content (AvgIpc) is 3.33. The fraction of sp³-hybridized carbons (Fsp3) is 0.350. The summed E-state index contributed by atoms with van der Waals surface area (Å²) in [4.78, 5) is 19.0. The molecule has 2 aliphatic rings. The van der Waals surface area contributed by atoms with Gasteiger partial charge in [0.15, 0.2) is 5.65 Å². The summed E-state index contributed by atoms with van der Waals surface area (Å²) in [6.45, 7) is 0.184. The van der Waals surface area contributed by atoms with Crippen molar-refractivity contribution in [1.29, 1.82) is 0 Å². The Hall–Kier alpha value is -3.24. The van der Waals surface area contributed by atoms with E-state index >= 15 is 0 Å². The van der Waals surface area contributed by atoms with Crippen LogP contribution < -0.4 is 15.0 Å². The van der Waals surface area contributed by atoms with E-state index in [1.807, 2.05) is 4.90 Å². The topological polar surface area (TPSA) is 112 Å². The number of aromatic nitrogens is 3. The number of ether oxygens (including phenoxy) is 1. The molecule has 30 heavy (non-hydrogen) atoms. The van der Waals surface area contributed by atoms with E-state index in [1.54, 1.807) is 12.3 Å². The number of rotatable bonds is 0. The van der Waals surface area contributed by atoms with Crippen molar-refractivity contribution in [2.24, 2.45) is 0 Å². The summed E-state index contributed by atoms with van der Waals surface area (Å²) < 4.78 is 21.4. The second kappa shape index (κ2) is 7.22. The van der Waals surface area contributed by atoms with Crippen LogP contribution in [0.4, 0.5) is 10.2 Å². The Morgan fingerprint density at radius 1 is 1.23 bits per heavy atom. The van der Waals surface area contributed by atoms with Gasteiger partial charge in [0.05, 0.1) is 18.3 Å². The molecule has 0 saturated carbocycles. The molecule has 1 saturated heterocycles. The molecule has 2 aliphatic heterocycles. The van der Waals surface area contributed by atoms with Crippen LogP contribution in [0.3, 0.4) is 0 Å². The Bertz CT molecular complexity index is 1120. The highest BCUT2D eigenvalue weighted by Gasteiger charge is 2.35. The molecule has 5 rings (SSSR count). The molecule has 4 heterocycles. The van der Waals surface area contributed by atoms with Crippen molar-refractivity contribution in [2.45, 2.75) is 24.7 Å². The van der Waals surface area contributed by atoms with Crippen LogP contribution in [-0.2, 0) is 0 Å². The molecule has 0 aliphatic carbocycles. The van der Waals surface area contributed by atoms with Crippen molar-refractivity contribution in [1.82, 2.24) is 19.9 Å². The van der Waals surface area contributed by atoms with Crippen molar-refractivity contribution in [3.63, 3.8) is 0 Å². The first kappa shape index (κ1) is 18.8. The summed E-state index contributed by atoms with van der Waals surface area (Å²) in [5.41, 5.74) is 1.19. The van der Waals surface area contributed by atoms with Gasteiger partial charge in [-0.15, -0.1) is 0 Å². The molecule has 0 unspecified atom stereocenters. The van der Waals surface area contributed by atoms with E-state index in [0.717, 1.165) is 0 Å². The molecular formula is C20H20FN5O4. The molecule has 1 amide bonds. The molecule has 0 radical (unpaired) electrons. The van der Waals surface area contributed by atoms with Gasteiger partial charge in [0.2, 0.25) is 0 Å². The van der Waals surface area contributed by atoms with Gasteiger partial charge < -0.3 is 25.2 Å². The van der Waals surface area contributed by atoms with Crippen molar-refractivity contribution in [3.8, 4) is 5.75 Å². The van der Waals surface area contributed by atoms with Gasteiger partial charge in [-0.25, -0.2) is 13.9 Å². The van der Waals surface area contributed by atoms with Crippen LogP contribution in [0.5, 0.6) is 5.75 Å². The number of nitrogens with one attached hydrogen (secondary N) is 1. The van der Waals surface area contributed by atoms with E-state index in [2.05, 4.69) is 15.4 Å². The molecule has 1 aromatic carbocycles. The second-order valence-corrected chi connectivity index (χ2v) is 7.53. The standard InChI is InChI=1S/C20H20FN5O4/c21-11-1-2-17-14(5-11)16-6-12(27)9-25(16)18-3-4-26-19(24-18)15(8-23-26)20(29)22-7-13(28)10-30-17/h1-5,8,12-13,16,27-28H,6-7,9-10H2,(H,22,29)/t12-,13-,16+/m1/s1. The fourth-order valence-corrected chi connectivity index (χ4v) is 4.00. The van der Waals surface area contributed by atoms with Crippen molar-refractivity contribution in [2.75, 3.05) is 24.6 Å². The molecule has 3 N–H and O–H groups in total. The lowest BCUT2D eigenvalue weighted by molar-refractivity contribution is 0.0842. The maximum atomic E-state index is 14.1. The molecular weight excluding hydrogens is 393 g/mol. The normalized spacial score (nSPS) is 24.2. The van der Waals surface area contributed by atoms with E-state index in [1.165, 1.54) is 28.9 Å². The van der Waals surface area contributed by atoms with Crippen LogP contribution in [-0.4, -0.2) is 62.6 Å². The summed E-state index contributed by atoms with van der Waals surface area (Å²) in [5.74, 6) is 0.111. The Kier molecular flexibility index (Phi) is 4.52. The zero-order valence-corrected chi connectivity index (χ0v) is 15.9. The summed E-state index contributed by atoms with van der Waals surface area (Å²) in [5, 5.41) is 27.4. The third-order valence-electron chi connectivity index (χ3n) is 5.43. The Labute approximate surface area is 170 Å². The van der Waals surface area contributed by atoms with Crippen LogP contribution in [0.2, 0.25) is 0 Å². The van der Waals surface area contributed by atoms with E-state index in [9.17, 15) is 19.4 Å². The smallest absolute Gasteiger partial charge is 0.256 e. The number of hydrogen-bond acceptors (Lipinski definition) is 7. The molecule has 10 heteroatoms. The average molecular weight is 413 g/mol. The fourth-order valence-electron chi connectivity index (χ4n) is 4.00. The van der Waals surface area contributed by atoms with Gasteiger partial charge in [0, 0.05) is 24.8 Å².